The van der Waals surface area contributed by atoms with Crippen LogP contribution in [-0.2, 0) is 9.53 Å². The average molecular weight is 295 g/mol. The van der Waals surface area contributed by atoms with Crippen molar-refractivity contribution < 1.29 is 9.53 Å². The molecule has 0 aromatic heterocycles. The highest BCUT2D eigenvalue weighted by Crippen LogP contribution is 2.27. The van der Waals surface area contributed by atoms with E-state index in [1.54, 1.807) is 0 Å². The first-order chi connectivity index (χ1) is 10.1. The van der Waals surface area contributed by atoms with Gasteiger partial charge in [-0.3, -0.25) is 4.79 Å². The quantitative estimate of drug-likeness (QED) is 0.788. The van der Waals surface area contributed by atoms with Crippen molar-refractivity contribution in [2.75, 3.05) is 19.7 Å². The summed E-state index contributed by atoms with van der Waals surface area (Å²) in [4.78, 5) is 14.4. The third-order valence-corrected chi connectivity index (χ3v) is 5.52. The van der Waals surface area contributed by atoms with E-state index in [-0.39, 0.29) is 5.91 Å². The number of ether oxygens (including phenoxy) is 1. The van der Waals surface area contributed by atoms with Gasteiger partial charge in [0.05, 0.1) is 6.10 Å². The summed E-state index contributed by atoms with van der Waals surface area (Å²) in [5, 5.41) is 0. The summed E-state index contributed by atoms with van der Waals surface area (Å²) in [7, 11) is 0. The van der Waals surface area contributed by atoms with Gasteiger partial charge in [0.1, 0.15) is 6.61 Å². The fraction of sp³-hybridized carbons (Fsp3) is 0.944. The lowest BCUT2D eigenvalue weighted by Gasteiger charge is -2.29. The Kier molecular flexibility index (Phi) is 6.53. The first-order valence-electron chi connectivity index (χ1n) is 8.97. The van der Waals surface area contributed by atoms with Crippen molar-refractivity contribution in [1.82, 2.24) is 4.90 Å². The molecule has 2 fully saturated rings. The summed E-state index contributed by atoms with van der Waals surface area (Å²) in [5.41, 5.74) is 0. The van der Waals surface area contributed by atoms with Gasteiger partial charge in [0.2, 0.25) is 5.91 Å². The van der Waals surface area contributed by atoms with Crippen LogP contribution in [0.15, 0.2) is 0 Å². The van der Waals surface area contributed by atoms with Gasteiger partial charge in [-0.25, -0.2) is 0 Å². The van der Waals surface area contributed by atoms with E-state index < -0.39 is 0 Å². The predicted molar refractivity (Wildman–Crippen MR) is 86.1 cm³/mol. The molecule has 21 heavy (non-hydrogen) atoms. The van der Waals surface area contributed by atoms with E-state index in [0.29, 0.717) is 18.6 Å². The van der Waals surface area contributed by atoms with Crippen LogP contribution in [0.2, 0.25) is 0 Å². The minimum atomic E-state index is 0.206. The second kappa shape index (κ2) is 8.17. The van der Waals surface area contributed by atoms with Crippen molar-refractivity contribution in [3.8, 4) is 0 Å². The summed E-state index contributed by atoms with van der Waals surface area (Å²) in [6.07, 6.45) is 8.82. The van der Waals surface area contributed by atoms with Gasteiger partial charge < -0.3 is 9.64 Å². The topological polar surface area (TPSA) is 29.5 Å². The Balaban J connectivity index is 1.75. The third kappa shape index (κ3) is 4.98. The van der Waals surface area contributed by atoms with Crippen LogP contribution < -0.4 is 0 Å². The fourth-order valence-corrected chi connectivity index (χ4v) is 3.84. The summed E-state index contributed by atoms with van der Waals surface area (Å²) in [6, 6.07) is 0. The van der Waals surface area contributed by atoms with E-state index in [1.165, 1.54) is 25.7 Å². The van der Waals surface area contributed by atoms with E-state index in [9.17, 15) is 4.79 Å². The molecular weight excluding hydrogens is 262 g/mol. The number of likely N-dealkylation sites (tertiary alicyclic amines) is 1. The van der Waals surface area contributed by atoms with Gasteiger partial charge in [-0.1, -0.05) is 33.6 Å². The number of rotatable bonds is 4. The van der Waals surface area contributed by atoms with Gasteiger partial charge in [-0.05, 0) is 49.9 Å². The Labute approximate surface area is 130 Å². The molecule has 0 radical (unpaired) electrons. The number of hydrogen-bond donors (Lipinski definition) is 0. The molecule has 0 aromatic rings. The largest absolute Gasteiger partial charge is 0.368 e. The Morgan fingerprint density at radius 2 is 1.86 bits per heavy atom. The van der Waals surface area contributed by atoms with Crippen LogP contribution in [0.25, 0.3) is 0 Å². The Morgan fingerprint density at radius 1 is 1.10 bits per heavy atom. The number of hydrogen-bond acceptors (Lipinski definition) is 2. The van der Waals surface area contributed by atoms with Crippen LogP contribution in [0, 0.1) is 17.8 Å². The molecule has 3 heteroatoms. The lowest BCUT2D eigenvalue weighted by molar-refractivity contribution is -0.140. The molecule has 1 saturated carbocycles. The second-order valence-corrected chi connectivity index (χ2v) is 7.43. The van der Waals surface area contributed by atoms with Crippen molar-refractivity contribution in [2.24, 2.45) is 17.8 Å². The van der Waals surface area contributed by atoms with Crippen molar-refractivity contribution in [2.45, 2.75) is 71.8 Å². The fourth-order valence-electron chi connectivity index (χ4n) is 3.84. The van der Waals surface area contributed by atoms with E-state index in [1.807, 2.05) is 4.90 Å². The van der Waals surface area contributed by atoms with Gasteiger partial charge in [0.25, 0.3) is 0 Å². The van der Waals surface area contributed by atoms with Crippen LogP contribution in [0.1, 0.15) is 65.7 Å². The lowest BCUT2D eigenvalue weighted by atomic mass is 9.88. The maximum Gasteiger partial charge on any atom is 0.248 e. The summed E-state index contributed by atoms with van der Waals surface area (Å²) >= 11 is 0. The molecule has 1 aliphatic carbocycles. The monoisotopic (exact) mass is 295 g/mol. The zero-order valence-electron chi connectivity index (χ0n) is 14.1. The molecule has 2 rings (SSSR count). The molecule has 0 spiro atoms. The predicted octanol–water partition coefficient (Wildman–Crippen LogP) is 3.87. The zero-order chi connectivity index (χ0) is 15.2. The number of carbonyl (C=O) groups is 1. The minimum absolute atomic E-state index is 0.206. The molecular formula is C18H33NO2. The van der Waals surface area contributed by atoms with Gasteiger partial charge >= 0.3 is 0 Å². The maximum atomic E-state index is 12.4. The molecule has 2 aliphatic rings. The van der Waals surface area contributed by atoms with Gasteiger partial charge in [-0.15, -0.1) is 0 Å². The minimum Gasteiger partial charge on any atom is -0.368 e. The van der Waals surface area contributed by atoms with Gasteiger partial charge in [-0.2, -0.15) is 0 Å². The first-order valence-corrected chi connectivity index (χ1v) is 8.97. The Bertz CT molecular complexity index is 329. The molecule has 122 valence electrons. The van der Waals surface area contributed by atoms with Crippen LogP contribution in [-0.4, -0.2) is 36.6 Å². The van der Waals surface area contributed by atoms with Gasteiger partial charge in [0.15, 0.2) is 0 Å². The van der Waals surface area contributed by atoms with Crippen LogP contribution in [0.5, 0.6) is 0 Å². The van der Waals surface area contributed by atoms with Crippen molar-refractivity contribution in [1.29, 1.82) is 0 Å². The van der Waals surface area contributed by atoms with Crippen LogP contribution in [0.4, 0.5) is 0 Å². The van der Waals surface area contributed by atoms with Crippen molar-refractivity contribution in [3.05, 3.63) is 0 Å². The van der Waals surface area contributed by atoms with E-state index >= 15 is 0 Å². The van der Waals surface area contributed by atoms with Crippen LogP contribution >= 0.6 is 0 Å². The molecule has 1 aliphatic heterocycles. The first kappa shape index (κ1) is 16.8. The van der Waals surface area contributed by atoms with Crippen LogP contribution in [0.3, 0.4) is 0 Å². The summed E-state index contributed by atoms with van der Waals surface area (Å²) in [6.45, 7) is 9.00. The molecule has 3 nitrogen and oxygen atoms in total. The van der Waals surface area contributed by atoms with Crippen molar-refractivity contribution >= 4 is 5.91 Å². The Hall–Kier alpha value is -0.570. The summed E-state index contributed by atoms with van der Waals surface area (Å²) in [5.74, 6) is 2.33. The molecule has 1 saturated heterocycles. The second-order valence-electron chi connectivity index (χ2n) is 7.43. The van der Waals surface area contributed by atoms with Crippen molar-refractivity contribution in [3.63, 3.8) is 0 Å². The Morgan fingerprint density at radius 3 is 2.57 bits per heavy atom. The molecule has 3 atom stereocenters. The SMILES string of the molecule is CC(C)[C@@H]1CCCN(C(=O)CO[C@@H]2CCCC[C@@H]2C)CC1. The highest BCUT2D eigenvalue weighted by atomic mass is 16.5. The standard InChI is InChI=1S/C18H33NO2/c1-14(2)16-8-6-11-19(12-10-16)18(20)13-21-17-9-5-4-7-15(17)3/h14-17H,4-13H2,1-3H3/t15-,16+,17+/m0/s1. The average Bonchev–Trinajstić information content (AvgIpc) is 2.72. The molecule has 0 N–H and O–H groups in total. The number of amides is 1. The van der Waals surface area contributed by atoms with E-state index in [2.05, 4.69) is 20.8 Å². The molecule has 0 bridgehead atoms. The highest BCUT2D eigenvalue weighted by molar-refractivity contribution is 5.77. The molecule has 1 amide bonds. The molecule has 0 unspecified atom stereocenters. The maximum absolute atomic E-state index is 12.4. The normalized spacial score (nSPS) is 31.2. The van der Waals surface area contributed by atoms with E-state index in [4.69, 9.17) is 4.74 Å². The molecule has 1 heterocycles. The zero-order valence-corrected chi connectivity index (χ0v) is 14.1. The molecule has 0 aromatic carbocycles. The van der Waals surface area contributed by atoms with Gasteiger partial charge in [0, 0.05) is 13.1 Å². The number of nitrogens with zero attached hydrogens (tertiary/aromatic N) is 1. The lowest BCUT2D eigenvalue weighted by Crippen LogP contribution is -2.37. The van der Waals surface area contributed by atoms with E-state index in [0.717, 1.165) is 44.2 Å². The smallest absolute Gasteiger partial charge is 0.248 e. The third-order valence-electron chi connectivity index (χ3n) is 5.52. The highest BCUT2D eigenvalue weighted by Gasteiger charge is 2.25. The summed E-state index contributed by atoms with van der Waals surface area (Å²) < 4.78 is 5.93. The number of carbonyl (C=O) groups excluding carboxylic acids is 1.